The first kappa shape index (κ1) is 14.2. The second-order valence-electron chi connectivity index (χ2n) is 4.30. The fourth-order valence-corrected chi connectivity index (χ4v) is 1.96. The molecule has 0 aromatic heterocycles. The molecule has 0 fully saturated rings. The van der Waals surface area contributed by atoms with Crippen molar-refractivity contribution in [2.45, 2.75) is 19.9 Å². The number of benzene rings is 1. The van der Waals surface area contributed by atoms with Crippen molar-refractivity contribution in [1.29, 1.82) is 0 Å². The fraction of sp³-hybridized carbons (Fsp3) is 0.462. The first-order chi connectivity index (χ1) is 8.04. The quantitative estimate of drug-likeness (QED) is 0.907. The Balaban J connectivity index is 2.56. The molecule has 1 rings (SSSR count). The molecule has 1 unspecified atom stereocenters. The predicted octanol–water partition coefficient (Wildman–Crippen LogP) is 2.39. The van der Waals surface area contributed by atoms with Gasteiger partial charge >= 0.3 is 0 Å². The van der Waals surface area contributed by atoms with Crippen LogP contribution < -0.4 is 5.73 Å². The third kappa shape index (κ3) is 4.48. The second-order valence-corrected chi connectivity index (χ2v) is 5.21. The number of nitrogens with two attached hydrogens (primary N) is 1. The van der Waals surface area contributed by atoms with Gasteiger partial charge in [-0.15, -0.1) is 0 Å². The molecule has 0 saturated carbocycles. The molecule has 0 aliphatic heterocycles. The summed E-state index contributed by atoms with van der Waals surface area (Å²) in [6.45, 7) is 3.12. The summed E-state index contributed by atoms with van der Waals surface area (Å²) in [5.74, 6) is 0.152. The molecule has 1 aromatic carbocycles. The number of rotatable bonds is 5. The summed E-state index contributed by atoms with van der Waals surface area (Å²) in [7, 11) is 1.83. The molecule has 0 aliphatic rings. The minimum Gasteiger partial charge on any atom is -0.341 e. The molecular weight excluding hydrogens is 280 g/mol. The van der Waals surface area contributed by atoms with Gasteiger partial charge in [-0.3, -0.25) is 4.79 Å². The van der Waals surface area contributed by atoms with E-state index in [1.54, 1.807) is 4.90 Å². The predicted molar refractivity (Wildman–Crippen MR) is 73.5 cm³/mol. The van der Waals surface area contributed by atoms with Crippen molar-refractivity contribution in [3.05, 3.63) is 34.3 Å². The highest BCUT2D eigenvalue weighted by Crippen LogP contribution is 2.13. The Labute approximate surface area is 111 Å². The molecule has 0 bridgehead atoms. The van der Waals surface area contributed by atoms with Crippen LogP contribution in [0.5, 0.6) is 0 Å². The van der Waals surface area contributed by atoms with Crippen LogP contribution in [0, 0.1) is 5.92 Å². The van der Waals surface area contributed by atoms with Crippen LogP contribution in [0.15, 0.2) is 28.7 Å². The van der Waals surface area contributed by atoms with Crippen molar-refractivity contribution in [2.75, 3.05) is 13.6 Å². The molecule has 94 valence electrons. The summed E-state index contributed by atoms with van der Waals surface area (Å²) in [5, 5.41) is 0. The monoisotopic (exact) mass is 298 g/mol. The van der Waals surface area contributed by atoms with E-state index < -0.39 is 0 Å². The molecule has 1 aromatic rings. The summed E-state index contributed by atoms with van der Waals surface area (Å²) in [5.41, 5.74) is 6.59. The number of carbonyl (C=O) groups excluding carboxylic acids is 1. The van der Waals surface area contributed by atoms with Crippen LogP contribution in [0.4, 0.5) is 0 Å². The lowest BCUT2D eigenvalue weighted by Gasteiger charge is -2.21. The van der Waals surface area contributed by atoms with Crippen molar-refractivity contribution in [3.8, 4) is 0 Å². The highest BCUT2D eigenvalue weighted by Gasteiger charge is 2.16. The SMILES string of the molecule is CC(CCN)C(=O)N(C)Cc1ccc(Br)cc1. The first-order valence-electron chi connectivity index (χ1n) is 5.74. The molecule has 3 nitrogen and oxygen atoms in total. The van der Waals surface area contributed by atoms with Gasteiger partial charge in [0.15, 0.2) is 0 Å². The lowest BCUT2D eigenvalue weighted by Crippen LogP contribution is -2.32. The van der Waals surface area contributed by atoms with Gasteiger partial charge in [0.25, 0.3) is 0 Å². The minimum absolute atomic E-state index is 0.000415. The zero-order valence-electron chi connectivity index (χ0n) is 10.3. The van der Waals surface area contributed by atoms with E-state index in [4.69, 9.17) is 5.73 Å². The van der Waals surface area contributed by atoms with Crippen LogP contribution in [0.1, 0.15) is 18.9 Å². The lowest BCUT2D eigenvalue weighted by atomic mass is 10.1. The third-order valence-electron chi connectivity index (χ3n) is 2.73. The average molecular weight is 299 g/mol. The molecule has 0 spiro atoms. The van der Waals surface area contributed by atoms with Crippen LogP contribution in [-0.2, 0) is 11.3 Å². The molecule has 0 heterocycles. The maximum atomic E-state index is 12.0. The smallest absolute Gasteiger partial charge is 0.225 e. The van der Waals surface area contributed by atoms with E-state index in [-0.39, 0.29) is 11.8 Å². The van der Waals surface area contributed by atoms with Gasteiger partial charge in [0, 0.05) is 24.0 Å². The van der Waals surface area contributed by atoms with Gasteiger partial charge in [-0.1, -0.05) is 35.0 Å². The minimum atomic E-state index is 0.000415. The van der Waals surface area contributed by atoms with E-state index >= 15 is 0 Å². The molecule has 0 saturated heterocycles. The molecule has 0 aliphatic carbocycles. The standard InChI is InChI=1S/C13H19BrN2O/c1-10(7-8-15)13(17)16(2)9-11-3-5-12(14)6-4-11/h3-6,10H,7-9,15H2,1-2H3. The number of amides is 1. The number of carbonyl (C=O) groups is 1. The van der Waals surface area contributed by atoms with Gasteiger partial charge in [0.05, 0.1) is 0 Å². The molecule has 1 atom stereocenters. The van der Waals surface area contributed by atoms with E-state index in [9.17, 15) is 4.79 Å². The van der Waals surface area contributed by atoms with E-state index in [0.29, 0.717) is 13.1 Å². The summed E-state index contributed by atoms with van der Waals surface area (Å²) in [4.78, 5) is 13.7. The van der Waals surface area contributed by atoms with Crippen LogP contribution in [-0.4, -0.2) is 24.4 Å². The van der Waals surface area contributed by atoms with Crippen molar-refractivity contribution in [1.82, 2.24) is 4.90 Å². The highest BCUT2D eigenvalue weighted by atomic mass is 79.9. The maximum Gasteiger partial charge on any atom is 0.225 e. The van der Waals surface area contributed by atoms with E-state index in [0.717, 1.165) is 16.5 Å². The maximum absolute atomic E-state index is 12.0. The normalized spacial score (nSPS) is 12.2. The largest absolute Gasteiger partial charge is 0.341 e. The van der Waals surface area contributed by atoms with Gasteiger partial charge in [-0.2, -0.15) is 0 Å². The lowest BCUT2D eigenvalue weighted by molar-refractivity contribution is -0.134. The molecular formula is C13H19BrN2O. The van der Waals surface area contributed by atoms with Gasteiger partial charge in [0.1, 0.15) is 0 Å². The molecule has 4 heteroatoms. The summed E-state index contributed by atoms with van der Waals surface area (Å²) in [6, 6.07) is 8.00. The summed E-state index contributed by atoms with van der Waals surface area (Å²) < 4.78 is 1.05. The zero-order chi connectivity index (χ0) is 12.8. The zero-order valence-corrected chi connectivity index (χ0v) is 11.9. The molecule has 17 heavy (non-hydrogen) atoms. The Morgan fingerprint density at radius 3 is 2.53 bits per heavy atom. The Bertz CT molecular complexity index is 364. The van der Waals surface area contributed by atoms with Crippen molar-refractivity contribution >= 4 is 21.8 Å². The van der Waals surface area contributed by atoms with Gasteiger partial charge in [-0.05, 0) is 30.7 Å². The van der Waals surface area contributed by atoms with Crippen LogP contribution in [0.25, 0.3) is 0 Å². The second kappa shape index (κ2) is 6.77. The average Bonchev–Trinajstić information content (AvgIpc) is 2.31. The number of halogens is 1. The summed E-state index contributed by atoms with van der Waals surface area (Å²) >= 11 is 3.39. The molecule has 0 radical (unpaired) electrons. The van der Waals surface area contributed by atoms with Crippen LogP contribution in [0.2, 0.25) is 0 Å². The highest BCUT2D eigenvalue weighted by molar-refractivity contribution is 9.10. The van der Waals surface area contributed by atoms with Crippen molar-refractivity contribution in [2.24, 2.45) is 11.7 Å². The van der Waals surface area contributed by atoms with E-state index in [1.807, 2.05) is 38.2 Å². The molecule has 2 N–H and O–H groups in total. The Kier molecular flexibility index (Phi) is 5.65. The number of hydrogen-bond donors (Lipinski definition) is 1. The Hall–Kier alpha value is -0.870. The van der Waals surface area contributed by atoms with Gasteiger partial charge < -0.3 is 10.6 Å². The van der Waals surface area contributed by atoms with E-state index in [1.165, 1.54) is 0 Å². The third-order valence-corrected chi connectivity index (χ3v) is 3.26. The summed E-state index contributed by atoms with van der Waals surface area (Å²) in [6.07, 6.45) is 0.740. The van der Waals surface area contributed by atoms with Crippen molar-refractivity contribution in [3.63, 3.8) is 0 Å². The topological polar surface area (TPSA) is 46.3 Å². The first-order valence-corrected chi connectivity index (χ1v) is 6.53. The molecule has 1 amide bonds. The Morgan fingerprint density at radius 2 is 2.00 bits per heavy atom. The van der Waals surface area contributed by atoms with E-state index in [2.05, 4.69) is 15.9 Å². The van der Waals surface area contributed by atoms with Gasteiger partial charge in [-0.25, -0.2) is 0 Å². The van der Waals surface area contributed by atoms with Gasteiger partial charge in [0.2, 0.25) is 5.91 Å². The van der Waals surface area contributed by atoms with Crippen LogP contribution in [0.3, 0.4) is 0 Å². The number of hydrogen-bond acceptors (Lipinski definition) is 2. The van der Waals surface area contributed by atoms with Crippen molar-refractivity contribution < 1.29 is 4.79 Å². The Morgan fingerprint density at radius 1 is 1.41 bits per heavy atom. The van der Waals surface area contributed by atoms with Crippen LogP contribution >= 0.6 is 15.9 Å². The number of nitrogens with zero attached hydrogens (tertiary/aromatic N) is 1. The fourth-order valence-electron chi connectivity index (χ4n) is 1.69.